The lowest BCUT2D eigenvalue weighted by atomic mass is 9.96. The monoisotopic (exact) mass is 581 g/mol. The number of rotatable bonds is 8. The summed E-state index contributed by atoms with van der Waals surface area (Å²) >= 11 is 2.25. The average Bonchev–Trinajstić information content (AvgIpc) is 3.46. The Kier molecular flexibility index (Phi) is 7.79. The highest BCUT2D eigenvalue weighted by atomic mass is 32.2. The first kappa shape index (κ1) is 28.0. The van der Waals surface area contributed by atoms with Crippen molar-refractivity contribution in [1.29, 1.82) is 0 Å². The summed E-state index contributed by atoms with van der Waals surface area (Å²) in [6, 6.07) is 9.50. The van der Waals surface area contributed by atoms with Crippen molar-refractivity contribution in [3.8, 4) is 28.2 Å². The molecule has 4 aromatic rings. The molecule has 5 N–H and O–H groups in total. The van der Waals surface area contributed by atoms with Gasteiger partial charge in [-0.05, 0) is 74.9 Å². The van der Waals surface area contributed by atoms with Crippen LogP contribution >= 0.6 is 23.3 Å². The maximum atomic E-state index is 14.7. The summed E-state index contributed by atoms with van der Waals surface area (Å²) in [5, 5.41) is 29.9. The predicted molar refractivity (Wildman–Crippen MR) is 149 cm³/mol. The average molecular weight is 582 g/mol. The zero-order valence-electron chi connectivity index (χ0n) is 21.9. The second kappa shape index (κ2) is 11.1. The molecule has 0 aliphatic heterocycles. The molecule has 206 valence electrons. The minimum absolute atomic E-state index is 0.0785. The van der Waals surface area contributed by atoms with Crippen LogP contribution in [0.5, 0.6) is 0 Å². The number of nitrogens with zero attached hydrogens (tertiary/aromatic N) is 3. The summed E-state index contributed by atoms with van der Waals surface area (Å²) in [5.41, 5.74) is 2.26. The number of hydrogen-bond acceptors (Lipinski definition) is 6. The Balaban J connectivity index is 1.70. The lowest BCUT2D eigenvalue weighted by Gasteiger charge is -2.10. The zero-order valence-corrected chi connectivity index (χ0v) is 23.5. The third kappa shape index (κ3) is 6.26. The SMILES string of the molecule is CC(C)(O)C#Cc1cc(-c2nn(-c3nc(C(=O)O)cs3)c(CC3CC3)c2Cc2ccc(S[NH3+])c(F)c2)ccc1F. The van der Waals surface area contributed by atoms with Gasteiger partial charge in [-0.25, -0.2) is 23.2 Å². The van der Waals surface area contributed by atoms with Gasteiger partial charge in [0.1, 0.15) is 34.1 Å². The first-order valence-corrected chi connectivity index (χ1v) is 14.4. The number of thiazole rings is 1. The lowest BCUT2D eigenvalue weighted by Crippen LogP contribution is -2.36. The third-order valence-electron chi connectivity index (χ3n) is 6.44. The number of aliphatic hydroxyl groups is 1. The lowest BCUT2D eigenvalue weighted by molar-refractivity contribution is -0.137. The van der Waals surface area contributed by atoms with Crippen molar-refractivity contribution < 1.29 is 28.9 Å². The van der Waals surface area contributed by atoms with E-state index in [2.05, 4.69) is 22.0 Å². The standard InChI is InChI=1S/C29H26F2N4O3S2/c1-29(2,38)10-9-18-14-19(6-7-21(18)30)26-20(11-17-5-8-25(40-32)22(31)12-17)24(13-16-3-4-16)35(34-26)28-33-23(15-39-28)27(36)37/h5-8,12,14-16,38H,3-4,11,13,32H2,1-2H3,(H,36,37)/p+1. The van der Waals surface area contributed by atoms with Crippen LogP contribution in [-0.4, -0.2) is 36.5 Å². The second-order valence-electron chi connectivity index (χ2n) is 10.2. The van der Waals surface area contributed by atoms with Crippen LogP contribution in [0.2, 0.25) is 0 Å². The van der Waals surface area contributed by atoms with Crippen molar-refractivity contribution in [2.24, 2.45) is 5.92 Å². The van der Waals surface area contributed by atoms with Crippen molar-refractivity contribution in [3.05, 3.63) is 81.5 Å². The van der Waals surface area contributed by atoms with E-state index < -0.39 is 17.4 Å². The Morgan fingerprint density at radius 1 is 1.23 bits per heavy atom. The van der Waals surface area contributed by atoms with Gasteiger partial charge in [0.25, 0.3) is 0 Å². The van der Waals surface area contributed by atoms with E-state index >= 15 is 0 Å². The molecule has 2 heterocycles. The minimum Gasteiger partial charge on any atom is -0.476 e. The van der Waals surface area contributed by atoms with Crippen LogP contribution in [-0.2, 0) is 12.8 Å². The highest BCUT2D eigenvalue weighted by Crippen LogP contribution is 2.38. The number of hydrogen-bond donors (Lipinski definition) is 3. The fourth-order valence-electron chi connectivity index (χ4n) is 4.29. The maximum absolute atomic E-state index is 14.7. The summed E-state index contributed by atoms with van der Waals surface area (Å²) in [5.74, 6) is 3.78. The Bertz CT molecular complexity index is 1660. The molecule has 5 rings (SSSR count). The summed E-state index contributed by atoms with van der Waals surface area (Å²) in [6.07, 6.45) is 3.16. The van der Waals surface area contributed by atoms with Gasteiger partial charge in [0.05, 0.1) is 17.0 Å². The van der Waals surface area contributed by atoms with Crippen molar-refractivity contribution in [2.75, 3.05) is 0 Å². The summed E-state index contributed by atoms with van der Waals surface area (Å²) in [4.78, 5) is 16.3. The molecule has 0 radical (unpaired) electrons. The molecule has 0 unspecified atom stereocenters. The number of aromatic carboxylic acids is 1. The Morgan fingerprint density at radius 3 is 2.62 bits per heavy atom. The fraction of sp³-hybridized carbons (Fsp3) is 0.276. The van der Waals surface area contributed by atoms with Crippen LogP contribution in [0.1, 0.15) is 59.6 Å². The van der Waals surface area contributed by atoms with Crippen molar-refractivity contribution >= 4 is 29.3 Å². The molecule has 0 bridgehead atoms. The van der Waals surface area contributed by atoms with Crippen LogP contribution in [0.3, 0.4) is 0 Å². The van der Waals surface area contributed by atoms with E-state index in [0.29, 0.717) is 40.0 Å². The van der Waals surface area contributed by atoms with Crippen LogP contribution < -0.4 is 5.14 Å². The smallest absolute Gasteiger partial charge is 0.355 e. The zero-order chi connectivity index (χ0) is 28.6. The minimum atomic E-state index is -1.30. The van der Waals surface area contributed by atoms with Crippen LogP contribution in [0.4, 0.5) is 8.78 Å². The summed E-state index contributed by atoms with van der Waals surface area (Å²) in [7, 11) is 0. The molecule has 1 aliphatic rings. The van der Waals surface area contributed by atoms with Gasteiger partial charge in [-0.2, -0.15) is 5.10 Å². The van der Waals surface area contributed by atoms with Crippen LogP contribution in [0, 0.1) is 29.4 Å². The summed E-state index contributed by atoms with van der Waals surface area (Å²) < 4.78 is 31.1. The molecule has 0 amide bonds. The number of benzene rings is 2. The van der Waals surface area contributed by atoms with Crippen LogP contribution in [0.15, 0.2) is 46.7 Å². The van der Waals surface area contributed by atoms with Gasteiger partial charge in [0.15, 0.2) is 5.69 Å². The number of carboxylic acid groups (broad SMARTS) is 1. The van der Waals surface area contributed by atoms with Gasteiger partial charge < -0.3 is 10.2 Å². The van der Waals surface area contributed by atoms with Gasteiger partial charge in [-0.1, -0.05) is 17.9 Å². The van der Waals surface area contributed by atoms with E-state index in [1.807, 2.05) is 6.07 Å². The molecule has 7 nitrogen and oxygen atoms in total. The van der Waals surface area contributed by atoms with E-state index in [1.54, 1.807) is 22.9 Å². The number of carboxylic acids is 1. The van der Waals surface area contributed by atoms with E-state index in [0.717, 1.165) is 41.6 Å². The first-order valence-electron chi connectivity index (χ1n) is 12.6. The Hall–Kier alpha value is -3.56. The normalized spacial score (nSPS) is 13.2. The fourth-order valence-corrected chi connectivity index (χ4v) is 5.42. The van der Waals surface area contributed by atoms with Crippen molar-refractivity contribution in [2.45, 2.75) is 50.0 Å². The molecule has 1 saturated carbocycles. The molecule has 2 aromatic carbocycles. The van der Waals surface area contributed by atoms with Gasteiger partial charge in [-0.15, -0.1) is 11.3 Å². The van der Waals surface area contributed by atoms with E-state index in [1.165, 1.54) is 42.7 Å². The highest BCUT2D eigenvalue weighted by Gasteiger charge is 2.29. The van der Waals surface area contributed by atoms with Crippen molar-refractivity contribution in [1.82, 2.24) is 14.8 Å². The number of halogens is 2. The predicted octanol–water partition coefficient (Wildman–Crippen LogP) is 4.89. The molecular weight excluding hydrogens is 554 g/mol. The Labute approximate surface area is 238 Å². The summed E-state index contributed by atoms with van der Waals surface area (Å²) in [6.45, 7) is 3.03. The maximum Gasteiger partial charge on any atom is 0.355 e. The number of carbonyl (C=O) groups is 1. The molecule has 11 heteroatoms. The van der Waals surface area contributed by atoms with Crippen molar-refractivity contribution in [3.63, 3.8) is 0 Å². The number of aromatic nitrogens is 3. The Morgan fingerprint density at radius 2 is 2.00 bits per heavy atom. The van der Waals surface area contributed by atoms with Gasteiger partial charge in [0.2, 0.25) is 5.13 Å². The molecule has 2 aromatic heterocycles. The first-order chi connectivity index (χ1) is 19.0. The molecule has 40 heavy (non-hydrogen) atoms. The third-order valence-corrected chi connectivity index (χ3v) is 7.89. The topological polar surface area (TPSA) is 116 Å². The molecule has 1 fully saturated rings. The highest BCUT2D eigenvalue weighted by molar-refractivity contribution is 7.92. The quantitative estimate of drug-likeness (QED) is 0.202. The molecule has 0 saturated heterocycles. The second-order valence-corrected chi connectivity index (χ2v) is 11.8. The molecular formula is C29H27F2N4O3S2+. The molecule has 0 atom stereocenters. The van der Waals surface area contributed by atoms with Gasteiger partial charge >= 0.3 is 5.97 Å². The number of quaternary nitrogens is 1. The van der Waals surface area contributed by atoms with Gasteiger partial charge in [0, 0.05) is 22.9 Å². The van der Waals surface area contributed by atoms with E-state index in [9.17, 15) is 23.8 Å². The molecule has 1 aliphatic carbocycles. The van der Waals surface area contributed by atoms with E-state index in [4.69, 9.17) is 5.10 Å². The van der Waals surface area contributed by atoms with Gasteiger partial charge in [-0.3, -0.25) is 5.14 Å². The largest absolute Gasteiger partial charge is 0.476 e. The van der Waals surface area contributed by atoms with E-state index in [-0.39, 0.29) is 17.1 Å². The molecule has 0 spiro atoms. The van der Waals surface area contributed by atoms with Crippen LogP contribution in [0.25, 0.3) is 16.4 Å².